The van der Waals surface area contributed by atoms with Gasteiger partial charge in [0.05, 0.1) is 25.4 Å². The van der Waals surface area contributed by atoms with Gasteiger partial charge in [-0.25, -0.2) is 4.99 Å². The van der Waals surface area contributed by atoms with Crippen LogP contribution in [0.4, 0.5) is 0 Å². The Bertz CT molecular complexity index is 858. The van der Waals surface area contributed by atoms with Gasteiger partial charge in [0.1, 0.15) is 24.7 Å². The molecule has 0 aliphatic carbocycles. The summed E-state index contributed by atoms with van der Waals surface area (Å²) in [6, 6.07) is 15.2. The molecule has 27 heavy (non-hydrogen) atoms. The van der Waals surface area contributed by atoms with Crippen LogP contribution >= 0.6 is 27.5 Å². The fraction of sp³-hybridized carbons (Fsp3) is 0.250. The summed E-state index contributed by atoms with van der Waals surface area (Å²) < 4.78 is 19.8. The average molecular weight is 451 g/mol. The molecule has 4 rings (SSSR count). The van der Waals surface area contributed by atoms with Crippen LogP contribution in [0.5, 0.6) is 5.75 Å². The molecule has 2 aliphatic heterocycles. The highest BCUT2D eigenvalue weighted by Crippen LogP contribution is 2.43. The minimum Gasteiger partial charge on any atom is -0.491 e. The molecule has 5 nitrogen and oxygen atoms in total. The third-order valence-electron chi connectivity index (χ3n) is 4.65. The van der Waals surface area contributed by atoms with Crippen molar-refractivity contribution in [1.82, 2.24) is 0 Å². The van der Waals surface area contributed by atoms with E-state index in [0.717, 1.165) is 15.8 Å². The first-order valence-electron chi connectivity index (χ1n) is 8.55. The van der Waals surface area contributed by atoms with Crippen molar-refractivity contribution in [3.05, 3.63) is 76.0 Å². The SMILES string of the molecule is C[N+]1(C2(c3ccc(Cl)cc3)OCC(COc3ccc(Br)cc3)O2)C=CN=C1. The van der Waals surface area contributed by atoms with Crippen molar-refractivity contribution in [3.8, 4) is 5.75 Å². The summed E-state index contributed by atoms with van der Waals surface area (Å²) in [7, 11) is 1.99. The number of aliphatic imine (C=N–C) groups is 1. The van der Waals surface area contributed by atoms with E-state index in [-0.39, 0.29) is 10.6 Å². The molecule has 140 valence electrons. The molecule has 7 heteroatoms. The molecule has 0 N–H and O–H groups in total. The molecule has 2 aromatic carbocycles. The first-order valence-corrected chi connectivity index (χ1v) is 9.72. The van der Waals surface area contributed by atoms with Crippen molar-refractivity contribution in [2.75, 3.05) is 20.3 Å². The standard InChI is InChI=1S/C20H19BrClN2O3/c1-24(11-10-23-14-24)20(15-2-6-17(22)7-3-15)26-13-19(27-20)12-25-18-8-4-16(21)5-9-18/h2-11,14,19H,12-13H2,1H3/q+1. The molecule has 0 saturated carbocycles. The maximum absolute atomic E-state index is 6.44. The first kappa shape index (κ1) is 18.7. The average Bonchev–Trinajstić information content (AvgIpc) is 3.30. The van der Waals surface area contributed by atoms with Gasteiger partial charge in [-0.05, 0) is 48.5 Å². The van der Waals surface area contributed by atoms with E-state index in [0.29, 0.717) is 18.2 Å². The van der Waals surface area contributed by atoms with Gasteiger partial charge in [0.2, 0.25) is 0 Å². The lowest BCUT2D eigenvalue weighted by Gasteiger charge is -2.39. The highest BCUT2D eigenvalue weighted by molar-refractivity contribution is 9.10. The van der Waals surface area contributed by atoms with Crippen molar-refractivity contribution in [1.29, 1.82) is 0 Å². The summed E-state index contributed by atoms with van der Waals surface area (Å²) in [6.07, 6.45) is 5.26. The summed E-state index contributed by atoms with van der Waals surface area (Å²) in [5, 5.41) is 0.662. The summed E-state index contributed by atoms with van der Waals surface area (Å²) in [6.45, 7) is 0.798. The number of halogens is 2. The smallest absolute Gasteiger partial charge is 0.358 e. The van der Waals surface area contributed by atoms with Gasteiger partial charge < -0.3 is 4.74 Å². The van der Waals surface area contributed by atoms with E-state index in [1.165, 1.54) is 0 Å². The van der Waals surface area contributed by atoms with Crippen molar-refractivity contribution in [2.45, 2.75) is 12.0 Å². The van der Waals surface area contributed by atoms with Gasteiger partial charge in [0.15, 0.2) is 6.34 Å². The number of benzene rings is 2. The Kier molecular flexibility index (Phi) is 5.09. The molecule has 0 aromatic heterocycles. The van der Waals surface area contributed by atoms with Crippen LogP contribution in [-0.4, -0.2) is 37.2 Å². The van der Waals surface area contributed by atoms with Crippen LogP contribution in [0.1, 0.15) is 5.56 Å². The third kappa shape index (κ3) is 3.56. The Labute approximate surface area is 171 Å². The lowest BCUT2D eigenvalue weighted by molar-refractivity contribution is -0.896. The van der Waals surface area contributed by atoms with Gasteiger partial charge in [0.25, 0.3) is 0 Å². The van der Waals surface area contributed by atoms with Gasteiger partial charge in [-0.2, -0.15) is 4.48 Å². The highest BCUT2D eigenvalue weighted by Gasteiger charge is 2.58. The van der Waals surface area contributed by atoms with Crippen LogP contribution in [0.2, 0.25) is 5.02 Å². The molecule has 3 atom stereocenters. The van der Waals surface area contributed by atoms with Crippen LogP contribution in [0.15, 0.2) is 70.4 Å². The second kappa shape index (κ2) is 7.37. The zero-order chi connectivity index (χ0) is 18.9. The van der Waals surface area contributed by atoms with Crippen molar-refractivity contribution in [2.24, 2.45) is 4.99 Å². The molecular weight excluding hydrogens is 432 g/mol. The van der Waals surface area contributed by atoms with Crippen LogP contribution in [-0.2, 0) is 15.4 Å². The Morgan fingerprint density at radius 1 is 1.22 bits per heavy atom. The molecule has 0 radical (unpaired) electrons. The van der Waals surface area contributed by atoms with E-state index in [4.69, 9.17) is 25.8 Å². The predicted molar refractivity (Wildman–Crippen MR) is 107 cm³/mol. The Morgan fingerprint density at radius 2 is 1.96 bits per heavy atom. The summed E-state index contributed by atoms with van der Waals surface area (Å²) >= 11 is 9.49. The molecule has 2 aliphatic rings. The fourth-order valence-electron chi connectivity index (χ4n) is 3.21. The van der Waals surface area contributed by atoms with E-state index in [2.05, 4.69) is 20.9 Å². The van der Waals surface area contributed by atoms with Crippen molar-refractivity contribution in [3.63, 3.8) is 0 Å². The maximum Gasteiger partial charge on any atom is 0.358 e. The number of rotatable bonds is 5. The predicted octanol–water partition coefficient (Wildman–Crippen LogP) is 4.67. The van der Waals surface area contributed by atoms with Gasteiger partial charge in [-0.15, -0.1) is 0 Å². The molecular formula is C20H19BrClN2O3+. The third-order valence-corrected chi connectivity index (χ3v) is 5.43. The molecule has 2 heterocycles. The van der Waals surface area contributed by atoms with E-state index < -0.39 is 5.91 Å². The number of hydrogen-bond donors (Lipinski definition) is 0. The molecule has 2 aromatic rings. The van der Waals surface area contributed by atoms with Crippen LogP contribution in [0.3, 0.4) is 0 Å². The molecule has 1 fully saturated rings. The van der Waals surface area contributed by atoms with Gasteiger partial charge in [-0.3, -0.25) is 9.47 Å². The van der Waals surface area contributed by atoms with E-state index in [1.54, 1.807) is 12.5 Å². The molecule has 3 unspecified atom stereocenters. The van der Waals surface area contributed by atoms with E-state index >= 15 is 0 Å². The minimum atomic E-state index is -1.03. The second-order valence-corrected chi connectivity index (χ2v) is 7.97. The van der Waals surface area contributed by atoms with Gasteiger partial charge >= 0.3 is 5.91 Å². The Hall–Kier alpha value is -1.70. The quantitative estimate of drug-likeness (QED) is 0.622. The highest BCUT2D eigenvalue weighted by atomic mass is 79.9. The van der Waals surface area contributed by atoms with Crippen molar-refractivity contribution >= 4 is 33.9 Å². The maximum atomic E-state index is 6.44. The molecule has 1 saturated heterocycles. The largest absolute Gasteiger partial charge is 0.491 e. The Morgan fingerprint density at radius 3 is 2.63 bits per heavy atom. The lowest BCUT2D eigenvalue weighted by atomic mass is 10.1. The van der Waals surface area contributed by atoms with Crippen molar-refractivity contribution < 1.29 is 18.7 Å². The minimum absolute atomic E-state index is 0.221. The van der Waals surface area contributed by atoms with Crippen LogP contribution in [0.25, 0.3) is 0 Å². The lowest BCUT2D eigenvalue weighted by Crippen LogP contribution is -2.56. The van der Waals surface area contributed by atoms with Crippen LogP contribution < -0.4 is 4.74 Å². The second-order valence-electron chi connectivity index (χ2n) is 6.61. The molecule has 0 bridgehead atoms. The summed E-state index contributed by atoms with van der Waals surface area (Å²) in [5.74, 6) is -0.247. The zero-order valence-corrected chi connectivity index (χ0v) is 17.1. The first-order chi connectivity index (χ1) is 13.0. The fourth-order valence-corrected chi connectivity index (χ4v) is 3.60. The molecule has 0 spiro atoms. The van der Waals surface area contributed by atoms with Gasteiger partial charge in [-0.1, -0.05) is 27.5 Å². The number of nitrogens with zero attached hydrogens (tertiary/aromatic N) is 2. The van der Waals surface area contributed by atoms with E-state index in [9.17, 15) is 0 Å². The normalized spacial score (nSPS) is 29.4. The summed E-state index contributed by atoms with van der Waals surface area (Å²) in [5.41, 5.74) is 0.874. The zero-order valence-electron chi connectivity index (χ0n) is 14.7. The van der Waals surface area contributed by atoms with E-state index in [1.807, 2.05) is 61.8 Å². The summed E-state index contributed by atoms with van der Waals surface area (Å²) in [4.78, 5) is 4.24. The molecule has 0 amide bonds. The number of quaternary nitrogens is 1. The topological polar surface area (TPSA) is 40.0 Å². The number of ether oxygens (including phenoxy) is 3. The van der Waals surface area contributed by atoms with Gasteiger partial charge in [0, 0.05) is 9.50 Å². The monoisotopic (exact) mass is 449 g/mol. The van der Waals surface area contributed by atoms with Crippen LogP contribution in [0, 0.1) is 0 Å². The Balaban J connectivity index is 1.56. The number of hydrogen-bond acceptors (Lipinski definition) is 4.